The van der Waals surface area contributed by atoms with Crippen LogP contribution < -0.4 is 4.74 Å². The molecular formula is C13H16FNO3S. The lowest BCUT2D eigenvalue weighted by atomic mass is 10.0. The van der Waals surface area contributed by atoms with Gasteiger partial charge in [0.05, 0.1) is 7.11 Å². The number of rotatable bonds is 4. The Morgan fingerprint density at radius 3 is 2.74 bits per heavy atom. The lowest BCUT2D eigenvalue weighted by Crippen LogP contribution is -2.40. The van der Waals surface area contributed by atoms with Crippen molar-refractivity contribution in [3.8, 4) is 5.75 Å². The highest BCUT2D eigenvalue weighted by molar-refractivity contribution is 7.99. The molecule has 1 aliphatic rings. The van der Waals surface area contributed by atoms with Gasteiger partial charge in [-0.2, -0.15) is 11.8 Å². The SMILES string of the molecule is COc1cccc([C@@H](C(=O)O)N2CCSCC2)c1F. The maximum Gasteiger partial charge on any atom is 0.325 e. The Morgan fingerprint density at radius 2 is 2.16 bits per heavy atom. The zero-order valence-electron chi connectivity index (χ0n) is 10.6. The number of hydrogen-bond acceptors (Lipinski definition) is 4. The molecule has 0 radical (unpaired) electrons. The summed E-state index contributed by atoms with van der Waals surface area (Å²) in [6.45, 7) is 1.30. The molecule has 1 fully saturated rings. The fraction of sp³-hybridized carbons (Fsp3) is 0.462. The van der Waals surface area contributed by atoms with Crippen molar-refractivity contribution in [1.82, 2.24) is 4.90 Å². The number of carbonyl (C=O) groups is 1. The van der Waals surface area contributed by atoms with E-state index in [1.165, 1.54) is 19.2 Å². The summed E-state index contributed by atoms with van der Waals surface area (Å²) in [7, 11) is 1.37. The molecule has 6 heteroatoms. The van der Waals surface area contributed by atoms with Crippen LogP contribution in [-0.4, -0.2) is 47.7 Å². The van der Waals surface area contributed by atoms with Gasteiger partial charge in [0.2, 0.25) is 0 Å². The Morgan fingerprint density at radius 1 is 1.47 bits per heavy atom. The summed E-state index contributed by atoms with van der Waals surface area (Å²) in [6, 6.07) is 3.67. The second-order valence-electron chi connectivity index (χ2n) is 4.25. The summed E-state index contributed by atoms with van der Waals surface area (Å²) in [5.74, 6) is 0.204. The minimum Gasteiger partial charge on any atom is -0.494 e. The molecule has 0 unspecified atom stereocenters. The fourth-order valence-electron chi connectivity index (χ4n) is 2.22. The molecule has 1 atom stereocenters. The predicted octanol–water partition coefficient (Wildman–Crippen LogP) is 2.01. The maximum atomic E-state index is 14.2. The standard InChI is InChI=1S/C13H16FNO3S/c1-18-10-4-2-3-9(11(10)14)12(13(16)17)15-5-7-19-8-6-15/h2-4,12H,5-8H2,1H3,(H,16,17)/t12-/m0/s1. The van der Waals surface area contributed by atoms with Crippen molar-refractivity contribution in [3.63, 3.8) is 0 Å². The molecule has 19 heavy (non-hydrogen) atoms. The van der Waals surface area contributed by atoms with Crippen molar-refractivity contribution < 1.29 is 19.0 Å². The van der Waals surface area contributed by atoms with E-state index in [1.807, 2.05) is 0 Å². The Bertz CT molecular complexity index is 463. The van der Waals surface area contributed by atoms with Crippen LogP contribution in [0.4, 0.5) is 4.39 Å². The summed E-state index contributed by atoms with van der Waals surface area (Å²) in [5.41, 5.74) is 0.166. The number of ether oxygens (including phenoxy) is 1. The quantitative estimate of drug-likeness (QED) is 0.917. The molecule has 0 aliphatic carbocycles. The summed E-state index contributed by atoms with van der Waals surface area (Å²) >= 11 is 1.78. The summed E-state index contributed by atoms with van der Waals surface area (Å²) in [5, 5.41) is 9.41. The topological polar surface area (TPSA) is 49.8 Å². The van der Waals surface area contributed by atoms with E-state index in [1.54, 1.807) is 22.7 Å². The van der Waals surface area contributed by atoms with Crippen LogP contribution >= 0.6 is 11.8 Å². The van der Waals surface area contributed by atoms with Crippen LogP contribution in [0.25, 0.3) is 0 Å². The first-order valence-electron chi connectivity index (χ1n) is 6.02. The minimum absolute atomic E-state index is 0.0788. The van der Waals surface area contributed by atoms with Crippen LogP contribution in [0.5, 0.6) is 5.75 Å². The largest absolute Gasteiger partial charge is 0.494 e. The van der Waals surface area contributed by atoms with Crippen molar-refractivity contribution in [3.05, 3.63) is 29.6 Å². The zero-order chi connectivity index (χ0) is 13.8. The van der Waals surface area contributed by atoms with Crippen LogP contribution in [0.2, 0.25) is 0 Å². The van der Waals surface area contributed by atoms with Crippen LogP contribution in [0, 0.1) is 5.82 Å². The van der Waals surface area contributed by atoms with E-state index in [0.717, 1.165) is 11.5 Å². The van der Waals surface area contributed by atoms with Gasteiger partial charge in [-0.25, -0.2) is 4.39 Å². The smallest absolute Gasteiger partial charge is 0.325 e. The first-order valence-corrected chi connectivity index (χ1v) is 7.17. The molecule has 0 saturated carbocycles. The zero-order valence-corrected chi connectivity index (χ0v) is 11.5. The van der Waals surface area contributed by atoms with Crippen LogP contribution in [0.3, 0.4) is 0 Å². The molecule has 1 aliphatic heterocycles. The van der Waals surface area contributed by atoms with Gasteiger partial charge in [0, 0.05) is 30.2 Å². The molecule has 1 aromatic carbocycles. The van der Waals surface area contributed by atoms with E-state index in [9.17, 15) is 14.3 Å². The van der Waals surface area contributed by atoms with Gasteiger partial charge in [0.1, 0.15) is 6.04 Å². The molecule has 1 heterocycles. The number of thioether (sulfide) groups is 1. The van der Waals surface area contributed by atoms with Crippen molar-refractivity contribution >= 4 is 17.7 Å². The van der Waals surface area contributed by atoms with Gasteiger partial charge in [-0.1, -0.05) is 12.1 Å². The molecular weight excluding hydrogens is 269 g/mol. The number of nitrogens with zero attached hydrogens (tertiary/aromatic N) is 1. The lowest BCUT2D eigenvalue weighted by Gasteiger charge is -2.32. The maximum absolute atomic E-state index is 14.2. The molecule has 2 rings (SSSR count). The number of hydrogen-bond donors (Lipinski definition) is 1. The highest BCUT2D eigenvalue weighted by Crippen LogP contribution is 2.30. The first-order chi connectivity index (χ1) is 9.15. The van der Waals surface area contributed by atoms with Crippen molar-refractivity contribution in [2.24, 2.45) is 0 Å². The monoisotopic (exact) mass is 285 g/mol. The number of methoxy groups -OCH3 is 1. The Kier molecular flexibility index (Phi) is 4.66. The van der Waals surface area contributed by atoms with Crippen molar-refractivity contribution in [2.45, 2.75) is 6.04 Å². The summed E-state index contributed by atoms with van der Waals surface area (Å²) in [6.07, 6.45) is 0. The van der Waals surface area contributed by atoms with Gasteiger partial charge in [0.15, 0.2) is 11.6 Å². The molecule has 4 nitrogen and oxygen atoms in total. The van der Waals surface area contributed by atoms with Crippen LogP contribution in [-0.2, 0) is 4.79 Å². The Balaban J connectivity index is 2.36. The molecule has 104 valence electrons. The third kappa shape index (κ3) is 3.01. The number of carboxylic acids is 1. The van der Waals surface area contributed by atoms with Crippen molar-refractivity contribution in [1.29, 1.82) is 0 Å². The van der Waals surface area contributed by atoms with Crippen LogP contribution in [0.15, 0.2) is 18.2 Å². The van der Waals surface area contributed by atoms with Gasteiger partial charge >= 0.3 is 5.97 Å². The molecule has 0 spiro atoms. The van der Waals surface area contributed by atoms with Gasteiger partial charge < -0.3 is 9.84 Å². The molecule has 1 N–H and O–H groups in total. The highest BCUT2D eigenvalue weighted by atomic mass is 32.2. The number of halogens is 1. The van der Waals surface area contributed by atoms with Gasteiger partial charge in [-0.3, -0.25) is 9.69 Å². The van der Waals surface area contributed by atoms with Gasteiger partial charge in [-0.05, 0) is 6.07 Å². The lowest BCUT2D eigenvalue weighted by molar-refractivity contribution is -0.143. The molecule has 0 bridgehead atoms. The Hall–Kier alpha value is -1.27. The summed E-state index contributed by atoms with van der Waals surface area (Å²) in [4.78, 5) is 13.3. The second-order valence-corrected chi connectivity index (χ2v) is 5.48. The fourth-order valence-corrected chi connectivity index (χ4v) is 3.15. The molecule has 0 amide bonds. The average molecular weight is 285 g/mol. The Labute approximate surface area is 115 Å². The van der Waals surface area contributed by atoms with E-state index < -0.39 is 17.8 Å². The van der Waals surface area contributed by atoms with E-state index >= 15 is 0 Å². The van der Waals surface area contributed by atoms with E-state index in [0.29, 0.717) is 13.1 Å². The van der Waals surface area contributed by atoms with E-state index in [-0.39, 0.29) is 11.3 Å². The molecule has 1 saturated heterocycles. The third-order valence-electron chi connectivity index (χ3n) is 3.15. The average Bonchev–Trinajstić information content (AvgIpc) is 2.42. The number of benzene rings is 1. The first kappa shape index (κ1) is 14.1. The van der Waals surface area contributed by atoms with Gasteiger partial charge in [0.25, 0.3) is 0 Å². The molecule has 1 aromatic rings. The van der Waals surface area contributed by atoms with Crippen molar-refractivity contribution in [2.75, 3.05) is 31.7 Å². The predicted molar refractivity (Wildman–Crippen MR) is 72.2 cm³/mol. The van der Waals surface area contributed by atoms with E-state index in [4.69, 9.17) is 4.74 Å². The third-order valence-corrected chi connectivity index (χ3v) is 4.09. The summed E-state index contributed by atoms with van der Waals surface area (Å²) < 4.78 is 19.1. The van der Waals surface area contributed by atoms with Gasteiger partial charge in [-0.15, -0.1) is 0 Å². The minimum atomic E-state index is -1.03. The normalized spacial score (nSPS) is 18.0. The second kappa shape index (κ2) is 6.25. The number of aliphatic carboxylic acids is 1. The molecule has 0 aromatic heterocycles. The van der Waals surface area contributed by atoms with E-state index in [2.05, 4.69) is 0 Å². The highest BCUT2D eigenvalue weighted by Gasteiger charge is 2.31. The number of carboxylic acid groups (broad SMARTS) is 1. The van der Waals surface area contributed by atoms with Crippen LogP contribution in [0.1, 0.15) is 11.6 Å².